The van der Waals surface area contributed by atoms with Crippen LogP contribution >= 0.6 is 0 Å². The fourth-order valence-electron chi connectivity index (χ4n) is 2.81. The molecule has 0 bridgehead atoms. The molecule has 5 nitrogen and oxygen atoms in total. The van der Waals surface area contributed by atoms with Crippen LogP contribution in [0, 0.1) is 13.8 Å². The standard InChI is InChI=1S/C14H23N3O2/c1-10-12(11(2)19-16-10)9-17(3)13(18)14(15)7-5-4-6-8-14/h4-9,15H2,1-3H3. The predicted molar refractivity (Wildman–Crippen MR) is 72.5 cm³/mol. The first-order valence-electron chi connectivity index (χ1n) is 6.90. The second-order valence-corrected chi connectivity index (χ2v) is 5.68. The van der Waals surface area contributed by atoms with Gasteiger partial charge in [-0.1, -0.05) is 24.4 Å². The Bertz CT molecular complexity index is 442. The molecule has 1 aliphatic carbocycles. The van der Waals surface area contributed by atoms with E-state index in [0.717, 1.165) is 42.7 Å². The SMILES string of the molecule is Cc1noc(C)c1CN(C)C(=O)C1(N)CCCCC1. The molecule has 0 spiro atoms. The Kier molecular flexibility index (Phi) is 3.94. The Labute approximate surface area is 114 Å². The van der Waals surface area contributed by atoms with Crippen LogP contribution in [0.3, 0.4) is 0 Å². The lowest BCUT2D eigenvalue weighted by Gasteiger charge is -2.35. The van der Waals surface area contributed by atoms with E-state index in [1.165, 1.54) is 6.42 Å². The number of carbonyl (C=O) groups excluding carboxylic acids is 1. The number of likely N-dealkylation sites (N-methyl/N-ethyl adjacent to an activating group) is 1. The lowest BCUT2D eigenvalue weighted by molar-refractivity contribution is -0.137. The third-order valence-electron chi connectivity index (χ3n) is 4.09. The molecule has 2 rings (SSSR count). The molecular weight excluding hydrogens is 242 g/mol. The highest BCUT2D eigenvalue weighted by atomic mass is 16.5. The molecule has 0 saturated heterocycles. The first kappa shape index (κ1) is 14.1. The van der Waals surface area contributed by atoms with Crippen molar-refractivity contribution in [1.29, 1.82) is 0 Å². The minimum Gasteiger partial charge on any atom is -0.361 e. The molecule has 0 unspecified atom stereocenters. The molecule has 19 heavy (non-hydrogen) atoms. The second-order valence-electron chi connectivity index (χ2n) is 5.68. The van der Waals surface area contributed by atoms with Gasteiger partial charge in [0.2, 0.25) is 5.91 Å². The van der Waals surface area contributed by atoms with Crippen LogP contribution in [-0.2, 0) is 11.3 Å². The number of nitrogens with zero attached hydrogens (tertiary/aromatic N) is 2. The lowest BCUT2D eigenvalue weighted by atomic mass is 9.81. The van der Waals surface area contributed by atoms with Crippen molar-refractivity contribution in [2.75, 3.05) is 7.05 Å². The first-order chi connectivity index (χ1) is 8.94. The summed E-state index contributed by atoms with van der Waals surface area (Å²) in [6.45, 7) is 4.27. The van der Waals surface area contributed by atoms with E-state index in [0.29, 0.717) is 6.54 Å². The zero-order chi connectivity index (χ0) is 14.0. The average Bonchev–Trinajstić information content (AvgIpc) is 2.70. The van der Waals surface area contributed by atoms with Crippen LogP contribution < -0.4 is 5.73 Å². The average molecular weight is 265 g/mol. The van der Waals surface area contributed by atoms with Crippen molar-refractivity contribution in [2.24, 2.45) is 5.73 Å². The number of hydrogen-bond acceptors (Lipinski definition) is 4. The number of rotatable bonds is 3. The monoisotopic (exact) mass is 265 g/mol. The van der Waals surface area contributed by atoms with Crippen molar-refractivity contribution in [3.63, 3.8) is 0 Å². The molecule has 106 valence electrons. The highest BCUT2D eigenvalue weighted by Gasteiger charge is 2.37. The van der Waals surface area contributed by atoms with Crippen molar-refractivity contribution in [2.45, 2.75) is 58.0 Å². The maximum absolute atomic E-state index is 12.5. The van der Waals surface area contributed by atoms with Crippen LogP contribution in [-0.4, -0.2) is 28.6 Å². The van der Waals surface area contributed by atoms with E-state index in [-0.39, 0.29) is 5.91 Å². The van der Waals surface area contributed by atoms with E-state index in [1.54, 1.807) is 11.9 Å². The van der Waals surface area contributed by atoms with Gasteiger partial charge in [0.05, 0.1) is 17.8 Å². The number of carbonyl (C=O) groups is 1. The van der Waals surface area contributed by atoms with Crippen LogP contribution in [0.1, 0.15) is 49.1 Å². The summed E-state index contributed by atoms with van der Waals surface area (Å²) in [7, 11) is 1.80. The van der Waals surface area contributed by atoms with Crippen molar-refractivity contribution in [3.05, 3.63) is 17.0 Å². The maximum Gasteiger partial charge on any atom is 0.242 e. The zero-order valence-corrected chi connectivity index (χ0v) is 12.0. The van der Waals surface area contributed by atoms with Crippen molar-refractivity contribution in [3.8, 4) is 0 Å². The van der Waals surface area contributed by atoms with Crippen molar-refractivity contribution >= 4 is 5.91 Å². The third-order valence-corrected chi connectivity index (χ3v) is 4.09. The van der Waals surface area contributed by atoms with Gasteiger partial charge in [-0.3, -0.25) is 4.79 Å². The molecule has 0 radical (unpaired) electrons. The van der Waals surface area contributed by atoms with Gasteiger partial charge in [0.1, 0.15) is 5.76 Å². The molecule has 1 aromatic heterocycles. The van der Waals surface area contributed by atoms with E-state index in [2.05, 4.69) is 5.16 Å². The topological polar surface area (TPSA) is 72.4 Å². The van der Waals surface area contributed by atoms with Gasteiger partial charge in [0, 0.05) is 12.6 Å². The molecule has 1 heterocycles. The minimum absolute atomic E-state index is 0.0344. The van der Waals surface area contributed by atoms with Crippen LogP contribution in [0.25, 0.3) is 0 Å². The summed E-state index contributed by atoms with van der Waals surface area (Å²) >= 11 is 0. The molecule has 1 aromatic rings. The number of aromatic nitrogens is 1. The molecule has 1 fully saturated rings. The second kappa shape index (κ2) is 5.33. The van der Waals surface area contributed by atoms with Gasteiger partial charge in [-0.15, -0.1) is 0 Å². The molecule has 0 aromatic carbocycles. The summed E-state index contributed by atoms with van der Waals surface area (Å²) in [5, 5.41) is 3.91. The summed E-state index contributed by atoms with van der Waals surface area (Å²) in [6, 6.07) is 0. The number of nitrogens with two attached hydrogens (primary N) is 1. The Morgan fingerprint density at radius 2 is 2.00 bits per heavy atom. The molecule has 2 N–H and O–H groups in total. The van der Waals surface area contributed by atoms with E-state index in [9.17, 15) is 4.79 Å². The van der Waals surface area contributed by atoms with Crippen LogP contribution in [0.15, 0.2) is 4.52 Å². The number of amides is 1. The van der Waals surface area contributed by atoms with Gasteiger partial charge in [0.15, 0.2) is 0 Å². The van der Waals surface area contributed by atoms with Crippen LogP contribution in [0.5, 0.6) is 0 Å². The molecular formula is C14H23N3O2. The van der Waals surface area contributed by atoms with Gasteiger partial charge in [-0.05, 0) is 26.7 Å². The summed E-state index contributed by atoms with van der Waals surface area (Å²) in [5.74, 6) is 0.805. The quantitative estimate of drug-likeness (QED) is 0.906. The molecule has 1 saturated carbocycles. The highest BCUT2D eigenvalue weighted by molar-refractivity contribution is 5.86. The van der Waals surface area contributed by atoms with Crippen LogP contribution in [0.4, 0.5) is 0 Å². The van der Waals surface area contributed by atoms with Crippen molar-refractivity contribution in [1.82, 2.24) is 10.1 Å². The van der Waals surface area contributed by atoms with Crippen LogP contribution in [0.2, 0.25) is 0 Å². The summed E-state index contributed by atoms with van der Waals surface area (Å²) in [5.41, 5.74) is 7.43. The predicted octanol–water partition coefficient (Wildman–Crippen LogP) is 1.91. The van der Waals surface area contributed by atoms with E-state index in [1.807, 2.05) is 13.8 Å². The Hall–Kier alpha value is -1.36. The fraction of sp³-hybridized carbons (Fsp3) is 0.714. The molecule has 1 aliphatic rings. The zero-order valence-electron chi connectivity index (χ0n) is 12.0. The highest BCUT2D eigenvalue weighted by Crippen LogP contribution is 2.28. The van der Waals surface area contributed by atoms with Gasteiger partial charge < -0.3 is 15.2 Å². The van der Waals surface area contributed by atoms with E-state index >= 15 is 0 Å². The molecule has 5 heteroatoms. The number of aryl methyl sites for hydroxylation is 2. The normalized spacial score (nSPS) is 18.3. The summed E-state index contributed by atoms with van der Waals surface area (Å²) in [4.78, 5) is 14.2. The first-order valence-corrected chi connectivity index (χ1v) is 6.90. The molecule has 1 amide bonds. The molecule has 0 aliphatic heterocycles. The number of hydrogen-bond donors (Lipinski definition) is 1. The smallest absolute Gasteiger partial charge is 0.242 e. The van der Waals surface area contributed by atoms with Gasteiger partial charge >= 0.3 is 0 Å². The Balaban J connectivity index is 2.07. The van der Waals surface area contributed by atoms with Crippen molar-refractivity contribution < 1.29 is 9.32 Å². The van der Waals surface area contributed by atoms with E-state index in [4.69, 9.17) is 10.3 Å². The molecule has 0 atom stereocenters. The Morgan fingerprint density at radius 3 is 2.53 bits per heavy atom. The minimum atomic E-state index is -0.675. The Morgan fingerprint density at radius 1 is 1.37 bits per heavy atom. The lowest BCUT2D eigenvalue weighted by Crippen LogP contribution is -2.55. The fourth-order valence-corrected chi connectivity index (χ4v) is 2.81. The van der Waals surface area contributed by atoms with Gasteiger partial charge in [-0.25, -0.2) is 0 Å². The largest absolute Gasteiger partial charge is 0.361 e. The third kappa shape index (κ3) is 2.81. The van der Waals surface area contributed by atoms with E-state index < -0.39 is 5.54 Å². The maximum atomic E-state index is 12.5. The van der Waals surface area contributed by atoms with Gasteiger partial charge in [0.25, 0.3) is 0 Å². The summed E-state index contributed by atoms with van der Waals surface area (Å²) < 4.78 is 5.13. The summed E-state index contributed by atoms with van der Waals surface area (Å²) in [6.07, 6.45) is 4.85. The van der Waals surface area contributed by atoms with Gasteiger partial charge in [-0.2, -0.15) is 0 Å².